The molecule has 0 unspecified atom stereocenters. The Hall–Kier alpha value is -2.92. The molecule has 0 aliphatic carbocycles. The van der Waals surface area contributed by atoms with Crippen LogP contribution in [-0.2, 0) is 0 Å². The minimum atomic E-state index is -0.277. The average molecular weight is 395 g/mol. The van der Waals surface area contributed by atoms with Crippen molar-refractivity contribution in [1.82, 2.24) is 0 Å². The number of carbonyl (C=O) groups is 2. The molecule has 124 valence electrons. The smallest absolute Gasteiger partial charge is 0.255 e. The Labute approximate surface area is 154 Å². The lowest BCUT2D eigenvalue weighted by Crippen LogP contribution is -2.15. The molecule has 5 heteroatoms. The van der Waals surface area contributed by atoms with E-state index in [1.165, 1.54) is 0 Å². The Bertz CT molecular complexity index is 824. The molecule has 0 aliphatic heterocycles. The van der Waals surface area contributed by atoms with Crippen LogP contribution in [0.1, 0.15) is 20.7 Å². The van der Waals surface area contributed by atoms with Gasteiger partial charge in [0.25, 0.3) is 11.8 Å². The highest BCUT2D eigenvalue weighted by atomic mass is 79.9. The summed E-state index contributed by atoms with van der Waals surface area (Å²) in [6, 6.07) is 23.3. The fourth-order valence-electron chi connectivity index (χ4n) is 2.30. The first-order valence-electron chi connectivity index (χ1n) is 7.65. The molecule has 25 heavy (non-hydrogen) atoms. The average Bonchev–Trinajstić information content (AvgIpc) is 2.63. The van der Waals surface area contributed by atoms with E-state index in [1.54, 1.807) is 42.5 Å². The van der Waals surface area contributed by atoms with Gasteiger partial charge in [-0.05, 0) is 42.5 Å². The second-order valence-corrected chi connectivity index (χ2v) is 6.28. The summed E-state index contributed by atoms with van der Waals surface area (Å²) in [5.41, 5.74) is 2.19. The number of nitrogens with one attached hydrogen (secondary N) is 2. The zero-order valence-electron chi connectivity index (χ0n) is 13.2. The predicted octanol–water partition coefficient (Wildman–Crippen LogP) is 4.95. The Morgan fingerprint density at radius 1 is 0.640 bits per heavy atom. The zero-order valence-corrected chi connectivity index (χ0v) is 14.8. The number of carbonyl (C=O) groups excluding carboxylic acids is 2. The number of rotatable bonds is 4. The fraction of sp³-hybridized carbons (Fsp3) is 0. The molecule has 3 rings (SSSR count). The van der Waals surface area contributed by atoms with E-state index in [2.05, 4.69) is 26.6 Å². The van der Waals surface area contributed by atoms with Crippen LogP contribution in [0.5, 0.6) is 0 Å². The fourth-order valence-corrected chi connectivity index (χ4v) is 2.79. The van der Waals surface area contributed by atoms with E-state index in [0.29, 0.717) is 27.0 Å². The van der Waals surface area contributed by atoms with Gasteiger partial charge in [0, 0.05) is 27.0 Å². The molecule has 2 N–H and O–H groups in total. The van der Waals surface area contributed by atoms with E-state index in [9.17, 15) is 9.59 Å². The molecule has 0 saturated carbocycles. The first-order chi connectivity index (χ1) is 12.1. The molecule has 0 fully saturated rings. The second kappa shape index (κ2) is 7.77. The first kappa shape index (κ1) is 16.9. The second-order valence-electron chi connectivity index (χ2n) is 5.37. The number of benzene rings is 3. The summed E-state index contributed by atoms with van der Waals surface area (Å²) >= 11 is 3.36. The molecule has 0 aliphatic rings. The highest BCUT2D eigenvalue weighted by Crippen LogP contribution is 2.19. The lowest BCUT2D eigenvalue weighted by molar-refractivity contribution is 0.102. The SMILES string of the molecule is O=C(Nc1ccccc1)c1cc(Br)cc(C(=O)Nc2ccccc2)c1. The van der Waals surface area contributed by atoms with Crippen molar-refractivity contribution in [2.75, 3.05) is 10.6 Å². The number of para-hydroxylation sites is 2. The van der Waals surface area contributed by atoms with Gasteiger partial charge in [-0.1, -0.05) is 52.3 Å². The maximum absolute atomic E-state index is 12.4. The third kappa shape index (κ3) is 4.55. The molecule has 0 radical (unpaired) electrons. The summed E-state index contributed by atoms with van der Waals surface area (Å²) in [4.78, 5) is 24.9. The van der Waals surface area contributed by atoms with Gasteiger partial charge in [-0.3, -0.25) is 9.59 Å². The quantitative estimate of drug-likeness (QED) is 0.657. The van der Waals surface area contributed by atoms with Crippen molar-refractivity contribution in [3.63, 3.8) is 0 Å². The highest BCUT2D eigenvalue weighted by Gasteiger charge is 2.13. The van der Waals surface area contributed by atoms with Crippen LogP contribution >= 0.6 is 15.9 Å². The Balaban J connectivity index is 1.80. The lowest BCUT2D eigenvalue weighted by atomic mass is 10.1. The molecule has 2 amide bonds. The van der Waals surface area contributed by atoms with Crippen LogP contribution in [-0.4, -0.2) is 11.8 Å². The molecular weight excluding hydrogens is 380 g/mol. The molecular formula is C20H15BrN2O2. The highest BCUT2D eigenvalue weighted by molar-refractivity contribution is 9.10. The van der Waals surface area contributed by atoms with E-state index in [0.717, 1.165) is 0 Å². The van der Waals surface area contributed by atoms with Crippen LogP contribution in [0.2, 0.25) is 0 Å². The topological polar surface area (TPSA) is 58.2 Å². The predicted molar refractivity (Wildman–Crippen MR) is 103 cm³/mol. The van der Waals surface area contributed by atoms with Gasteiger partial charge in [0.15, 0.2) is 0 Å². The van der Waals surface area contributed by atoms with Gasteiger partial charge in [-0.15, -0.1) is 0 Å². The maximum Gasteiger partial charge on any atom is 0.255 e. The lowest BCUT2D eigenvalue weighted by Gasteiger charge is -2.09. The van der Waals surface area contributed by atoms with Crippen molar-refractivity contribution < 1.29 is 9.59 Å². The van der Waals surface area contributed by atoms with Gasteiger partial charge in [-0.2, -0.15) is 0 Å². The summed E-state index contributed by atoms with van der Waals surface area (Å²) in [6.45, 7) is 0. The van der Waals surface area contributed by atoms with E-state index in [1.807, 2.05) is 36.4 Å². The van der Waals surface area contributed by atoms with Gasteiger partial charge in [0.1, 0.15) is 0 Å². The number of anilines is 2. The maximum atomic E-state index is 12.4. The summed E-state index contributed by atoms with van der Waals surface area (Å²) in [6.07, 6.45) is 0. The van der Waals surface area contributed by atoms with Gasteiger partial charge in [0.05, 0.1) is 0 Å². The van der Waals surface area contributed by atoms with Crippen molar-refractivity contribution in [2.24, 2.45) is 0 Å². The summed E-state index contributed by atoms with van der Waals surface area (Å²) < 4.78 is 0.659. The van der Waals surface area contributed by atoms with Crippen molar-refractivity contribution in [3.8, 4) is 0 Å². The molecule has 0 aromatic heterocycles. The Kier molecular flexibility index (Phi) is 5.26. The number of hydrogen-bond acceptors (Lipinski definition) is 2. The minimum absolute atomic E-state index is 0.277. The zero-order chi connectivity index (χ0) is 17.6. The van der Waals surface area contributed by atoms with Gasteiger partial charge >= 0.3 is 0 Å². The van der Waals surface area contributed by atoms with Crippen molar-refractivity contribution in [2.45, 2.75) is 0 Å². The van der Waals surface area contributed by atoms with Gasteiger partial charge in [0.2, 0.25) is 0 Å². The van der Waals surface area contributed by atoms with Crippen LogP contribution in [0.3, 0.4) is 0 Å². The molecule has 4 nitrogen and oxygen atoms in total. The number of amides is 2. The molecule has 0 saturated heterocycles. The van der Waals surface area contributed by atoms with Crippen LogP contribution < -0.4 is 10.6 Å². The van der Waals surface area contributed by atoms with Crippen molar-refractivity contribution in [3.05, 3.63) is 94.5 Å². The third-order valence-electron chi connectivity index (χ3n) is 3.49. The summed E-state index contributed by atoms with van der Waals surface area (Å²) in [5.74, 6) is -0.553. The minimum Gasteiger partial charge on any atom is -0.322 e. The number of hydrogen-bond donors (Lipinski definition) is 2. The Morgan fingerprint density at radius 2 is 1.04 bits per heavy atom. The van der Waals surface area contributed by atoms with E-state index in [-0.39, 0.29) is 11.8 Å². The van der Waals surface area contributed by atoms with Crippen LogP contribution in [0.15, 0.2) is 83.3 Å². The summed E-state index contributed by atoms with van der Waals surface area (Å²) in [7, 11) is 0. The molecule has 3 aromatic carbocycles. The van der Waals surface area contributed by atoms with Crippen LogP contribution in [0, 0.1) is 0 Å². The van der Waals surface area contributed by atoms with Crippen LogP contribution in [0.4, 0.5) is 11.4 Å². The molecule has 0 heterocycles. The van der Waals surface area contributed by atoms with Crippen LogP contribution in [0.25, 0.3) is 0 Å². The third-order valence-corrected chi connectivity index (χ3v) is 3.94. The van der Waals surface area contributed by atoms with E-state index in [4.69, 9.17) is 0 Å². The van der Waals surface area contributed by atoms with Crippen molar-refractivity contribution >= 4 is 39.1 Å². The monoisotopic (exact) mass is 394 g/mol. The Morgan fingerprint density at radius 3 is 1.44 bits per heavy atom. The largest absolute Gasteiger partial charge is 0.322 e. The normalized spacial score (nSPS) is 10.1. The van der Waals surface area contributed by atoms with Gasteiger partial charge < -0.3 is 10.6 Å². The van der Waals surface area contributed by atoms with E-state index >= 15 is 0 Å². The molecule has 0 atom stereocenters. The van der Waals surface area contributed by atoms with Gasteiger partial charge in [-0.25, -0.2) is 0 Å². The molecule has 3 aromatic rings. The number of halogens is 1. The summed E-state index contributed by atoms with van der Waals surface area (Å²) in [5, 5.41) is 5.62. The van der Waals surface area contributed by atoms with Crippen molar-refractivity contribution in [1.29, 1.82) is 0 Å². The molecule has 0 spiro atoms. The first-order valence-corrected chi connectivity index (χ1v) is 8.44. The molecule has 0 bridgehead atoms. The van der Waals surface area contributed by atoms with E-state index < -0.39 is 0 Å². The standard InChI is InChI=1S/C20H15BrN2O2/c21-16-12-14(19(24)22-17-7-3-1-4-8-17)11-15(13-16)20(25)23-18-9-5-2-6-10-18/h1-13H,(H,22,24)(H,23,25).